The smallest absolute Gasteiger partial charge is 0.276 e. The number of nitrogens with zero attached hydrogens (tertiary/aromatic N) is 2. The van der Waals surface area contributed by atoms with Gasteiger partial charge in [-0.3, -0.25) is 4.79 Å². The molecule has 2 N–H and O–H groups in total. The molecule has 3 aromatic rings. The highest BCUT2D eigenvalue weighted by Gasteiger charge is 2.11. The fourth-order valence-electron chi connectivity index (χ4n) is 2.32. The molecular formula is C20H19FN4O3. The highest BCUT2D eigenvalue weighted by atomic mass is 19.1. The Labute approximate surface area is 161 Å². The molecule has 3 rings (SSSR count). The highest BCUT2D eigenvalue weighted by Crippen LogP contribution is 2.17. The molecule has 1 heterocycles. The Kier molecular flexibility index (Phi) is 6.35. The van der Waals surface area contributed by atoms with Crippen LogP contribution in [0.15, 0.2) is 60.7 Å². The number of benzene rings is 2. The van der Waals surface area contributed by atoms with E-state index < -0.39 is 11.7 Å². The number of hydrogen-bond acceptors (Lipinski definition) is 6. The second-order valence-corrected chi connectivity index (χ2v) is 5.69. The highest BCUT2D eigenvalue weighted by molar-refractivity contribution is 6.02. The Hall–Kier alpha value is -3.68. The van der Waals surface area contributed by atoms with Gasteiger partial charge in [0.15, 0.2) is 5.69 Å². The number of hydrogen-bond donors (Lipinski definition) is 2. The molecule has 0 saturated carbocycles. The van der Waals surface area contributed by atoms with Crippen LogP contribution in [0.4, 0.5) is 15.9 Å². The van der Waals surface area contributed by atoms with Gasteiger partial charge in [0, 0.05) is 0 Å². The van der Waals surface area contributed by atoms with E-state index in [9.17, 15) is 9.18 Å². The van der Waals surface area contributed by atoms with Crippen LogP contribution < -0.4 is 20.1 Å². The van der Waals surface area contributed by atoms with Crippen LogP contribution in [0.5, 0.6) is 11.5 Å². The van der Waals surface area contributed by atoms with Crippen LogP contribution in [-0.4, -0.2) is 36.4 Å². The van der Waals surface area contributed by atoms with Gasteiger partial charge < -0.3 is 20.1 Å². The maximum absolute atomic E-state index is 13.6. The third-order valence-corrected chi connectivity index (χ3v) is 3.76. The SMILES string of the molecule is COc1ccc(OCCNc2ccc(C(=O)Nc3ccccc3F)nn2)cc1. The van der Waals surface area contributed by atoms with E-state index in [1.165, 1.54) is 18.2 Å². The van der Waals surface area contributed by atoms with Gasteiger partial charge in [-0.05, 0) is 48.5 Å². The monoisotopic (exact) mass is 382 g/mol. The summed E-state index contributed by atoms with van der Waals surface area (Å²) in [6.07, 6.45) is 0. The summed E-state index contributed by atoms with van der Waals surface area (Å²) >= 11 is 0. The molecule has 0 spiro atoms. The molecule has 0 bridgehead atoms. The van der Waals surface area contributed by atoms with Gasteiger partial charge in [0.05, 0.1) is 19.3 Å². The third-order valence-electron chi connectivity index (χ3n) is 3.76. The molecule has 1 amide bonds. The molecule has 7 nitrogen and oxygen atoms in total. The summed E-state index contributed by atoms with van der Waals surface area (Å²) in [4.78, 5) is 12.1. The fraction of sp³-hybridized carbons (Fsp3) is 0.150. The van der Waals surface area contributed by atoms with Crippen molar-refractivity contribution in [3.05, 3.63) is 72.2 Å². The van der Waals surface area contributed by atoms with Crippen LogP contribution in [0, 0.1) is 5.82 Å². The number of halogens is 1. The van der Waals surface area contributed by atoms with Crippen LogP contribution in [-0.2, 0) is 0 Å². The first-order valence-corrected chi connectivity index (χ1v) is 8.56. The molecule has 0 aliphatic heterocycles. The molecule has 0 aliphatic carbocycles. The molecular weight excluding hydrogens is 363 g/mol. The molecule has 0 saturated heterocycles. The predicted octanol–water partition coefficient (Wildman–Crippen LogP) is 3.37. The third kappa shape index (κ3) is 5.16. The molecule has 8 heteroatoms. The first-order chi connectivity index (χ1) is 13.7. The zero-order valence-electron chi connectivity index (χ0n) is 15.2. The van der Waals surface area contributed by atoms with Crippen LogP contribution in [0.1, 0.15) is 10.5 Å². The average Bonchev–Trinajstić information content (AvgIpc) is 2.73. The molecule has 0 radical (unpaired) electrons. The Morgan fingerprint density at radius 1 is 1.00 bits per heavy atom. The second-order valence-electron chi connectivity index (χ2n) is 5.69. The summed E-state index contributed by atoms with van der Waals surface area (Å²) in [6.45, 7) is 0.922. The number of rotatable bonds is 8. The summed E-state index contributed by atoms with van der Waals surface area (Å²) in [6, 6.07) is 16.3. The molecule has 0 unspecified atom stereocenters. The van der Waals surface area contributed by atoms with Crippen molar-refractivity contribution in [2.75, 3.05) is 30.9 Å². The predicted molar refractivity (Wildman–Crippen MR) is 103 cm³/mol. The summed E-state index contributed by atoms with van der Waals surface area (Å²) in [5, 5.41) is 13.3. The van der Waals surface area contributed by atoms with E-state index in [4.69, 9.17) is 9.47 Å². The Balaban J connectivity index is 1.46. The van der Waals surface area contributed by atoms with Gasteiger partial charge in [0.2, 0.25) is 0 Å². The van der Waals surface area contributed by atoms with Crippen LogP contribution in [0.25, 0.3) is 0 Å². The molecule has 0 aliphatic rings. The molecule has 144 valence electrons. The number of carbonyl (C=O) groups is 1. The van der Waals surface area contributed by atoms with Crippen molar-refractivity contribution < 1.29 is 18.7 Å². The maximum Gasteiger partial charge on any atom is 0.276 e. The van der Waals surface area contributed by atoms with Crippen molar-refractivity contribution in [2.45, 2.75) is 0 Å². The minimum Gasteiger partial charge on any atom is -0.497 e. The Morgan fingerprint density at radius 3 is 2.43 bits per heavy atom. The first kappa shape index (κ1) is 19.1. The minimum atomic E-state index is -0.535. The van der Waals surface area contributed by atoms with E-state index in [0.29, 0.717) is 19.0 Å². The first-order valence-electron chi connectivity index (χ1n) is 8.56. The number of methoxy groups -OCH3 is 1. The lowest BCUT2D eigenvalue weighted by molar-refractivity contribution is 0.102. The summed E-state index contributed by atoms with van der Waals surface area (Å²) in [5.41, 5.74) is 0.176. The van der Waals surface area contributed by atoms with Crippen LogP contribution in [0.2, 0.25) is 0 Å². The fourth-order valence-corrected chi connectivity index (χ4v) is 2.32. The van der Waals surface area contributed by atoms with Gasteiger partial charge in [0.25, 0.3) is 5.91 Å². The Morgan fingerprint density at radius 2 is 1.75 bits per heavy atom. The largest absolute Gasteiger partial charge is 0.497 e. The minimum absolute atomic E-state index is 0.0864. The Bertz CT molecular complexity index is 917. The number of ether oxygens (including phenoxy) is 2. The lowest BCUT2D eigenvalue weighted by Crippen LogP contribution is -2.16. The summed E-state index contributed by atoms with van der Waals surface area (Å²) < 4.78 is 24.3. The van der Waals surface area contributed by atoms with Crippen molar-refractivity contribution in [1.82, 2.24) is 10.2 Å². The normalized spacial score (nSPS) is 10.2. The van der Waals surface area contributed by atoms with E-state index in [1.54, 1.807) is 25.3 Å². The second kappa shape index (κ2) is 9.31. The number of nitrogens with one attached hydrogen (secondary N) is 2. The summed E-state index contributed by atoms with van der Waals surface area (Å²) in [5.74, 6) is 0.945. The molecule has 1 aromatic heterocycles. The van der Waals surface area contributed by atoms with E-state index in [-0.39, 0.29) is 11.4 Å². The zero-order chi connectivity index (χ0) is 19.8. The number of aromatic nitrogens is 2. The molecule has 28 heavy (non-hydrogen) atoms. The van der Waals surface area contributed by atoms with E-state index >= 15 is 0 Å². The van der Waals surface area contributed by atoms with Gasteiger partial charge in [-0.1, -0.05) is 12.1 Å². The molecule has 0 atom stereocenters. The van der Waals surface area contributed by atoms with E-state index in [0.717, 1.165) is 11.5 Å². The lowest BCUT2D eigenvalue weighted by atomic mass is 10.3. The van der Waals surface area contributed by atoms with Crippen molar-refractivity contribution in [3.63, 3.8) is 0 Å². The van der Waals surface area contributed by atoms with Crippen molar-refractivity contribution in [3.8, 4) is 11.5 Å². The van der Waals surface area contributed by atoms with E-state index in [2.05, 4.69) is 20.8 Å². The van der Waals surface area contributed by atoms with Crippen molar-refractivity contribution in [1.29, 1.82) is 0 Å². The lowest BCUT2D eigenvalue weighted by Gasteiger charge is -2.09. The van der Waals surface area contributed by atoms with Gasteiger partial charge in [0.1, 0.15) is 29.7 Å². The zero-order valence-corrected chi connectivity index (χ0v) is 15.2. The van der Waals surface area contributed by atoms with Crippen LogP contribution in [0.3, 0.4) is 0 Å². The van der Waals surface area contributed by atoms with Gasteiger partial charge in [-0.25, -0.2) is 4.39 Å². The standard InChI is InChI=1S/C20H19FN4O3/c1-27-14-6-8-15(9-7-14)28-13-12-22-19-11-10-18(24-25-19)20(26)23-17-5-3-2-4-16(17)21/h2-11H,12-13H2,1H3,(H,22,25)(H,23,26). The van der Waals surface area contributed by atoms with E-state index in [1.807, 2.05) is 24.3 Å². The number of amides is 1. The summed E-state index contributed by atoms with van der Waals surface area (Å²) in [7, 11) is 1.61. The number of carbonyl (C=O) groups excluding carboxylic acids is 1. The van der Waals surface area contributed by atoms with Crippen LogP contribution >= 0.6 is 0 Å². The topological polar surface area (TPSA) is 85.4 Å². The molecule has 0 fully saturated rings. The van der Waals surface area contributed by atoms with Gasteiger partial charge in [-0.2, -0.15) is 0 Å². The number of anilines is 2. The van der Waals surface area contributed by atoms with Gasteiger partial charge >= 0.3 is 0 Å². The molecule has 2 aromatic carbocycles. The van der Waals surface area contributed by atoms with Crippen molar-refractivity contribution >= 4 is 17.4 Å². The average molecular weight is 382 g/mol. The van der Waals surface area contributed by atoms with Crippen molar-refractivity contribution in [2.24, 2.45) is 0 Å². The number of para-hydroxylation sites is 1. The van der Waals surface area contributed by atoms with Gasteiger partial charge in [-0.15, -0.1) is 10.2 Å². The maximum atomic E-state index is 13.6. The quantitative estimate of drug-likeness (QED) is 0.581.